The predicted octanol–water partition coefficient (Wildman–Crippen LogP) is -0.141. The zero-order valence-electron chi connectivity index (χ0n) is 9.11. The number of hydrogen-bond donors (Lipinski definition) is 1. The Balaban J connectivity index is 1.92. The summed E-state index contributed by atoms with van der Waals surface area (Å²) in [6, 6.07) is 0.562. The van der Waals surface area contributed by atoms with Crippen molar-refractivity contribution >= 4 is 9.84 Å². The largest absolute Gasteiger partial charge is 0.315 e. The van der Waals surface area contributed by atoms with Crippen LogP contribution in [0.4, 0.5) is 0 Å². The molecule has 2 aliphatic heterocycles. The van der Waals surface area contributed by atoms with Crippen molar-refractivity contribution < 1.29 is 8.42 Å². The molecule has 4 nitrogen and oxygen atoms in total. The van der Waals surface area contributed by atoms with E-state index in [9.17, 15) is 8.42 Å². The Labute approximate surface area is 91.9 Å². The van der Waals surface area contributed by atoms with Crippen molar-refractivity contribution in [2.45, 2.75) is 25.3 Å². The molecule has 0 bridgehead atoms. The molecule has 0 aromatic carbocycles. The van der Waals surface area contributed by atoms with Crippen LogP contribution in [0.25, 0.3) is 0 Å². The van der Waals surface area contributed by atoms with E-state index in [4.69, 9.17) is 0 Å². The Hall–Kier alpha value is -0.130. The van der Waals surface area contributed by atoms with Crippen molar-refractivity contribution in [2.75, 3.05) is 37.7 Å². The molecule has 0 aliphatic carbocycles. The van der Waals surface area contributed by atoms with Crippen LogP contribution >= 0.6 is 0 Å². The second-order valence-corrected chi connectivity index (χ2v) is 6.85. The van der Waals surface area contributed by atoms with Crippen LogP contribution in [0.3, 0.4) is 0 Å². The minimum atomic E-state index is -2.75. The van der Waals surface area contributed by atoms with Crippen molar-refractivity contribution in [3.05, 3.63) is 0 Å². The van der Waals surface area contributed by atoms with E-state index in [1.807, 2.05) is 0 Å². The van der Waals surface area contributed by atoms with Gasteiger partial charge in [-0.3, -0.25) is 4.90 Å². The van der Waals surface area contributed by atoms with Gasteiger partial charge in [-0.1, -0.05) is 0 Å². The third-order valence-electron chi connectivity index (χ3n) is 3.38. The van der Waals surface area contributed by atoms with Crippen LogP contribution in [-0.2, 0) is 9.84 Å². The topological polar surface area (TPSA) is 49.4 Å². The lowest BCUT2D eigenvalue weighted by Crippen LogP contribution is -2.46. The molecule has 5 heteroatoms. The van der Waals surface area contributed by atoms with Gasteiger partial charge in [-0.2, -0.15) is 0 Å². The molecule has 2 saturated heterocycles. The lowest BCUT2D eigenvalue weighted by atomic mass is 10.1. The van der Waals surface area contributed by atoms with E-state index < -0.39 is 9.84 Å². The molecule has 0 saturated carbocycles. The second-order valence-electron chi connectivity index (χ2n) is 4.54. The number of piperidine rings is 1. The van der Waals surface area contributed by atoms with Gasteiger partial charge in [-0.05, 0) is 32.4 Å². The van der Waals surface area contributed by atoms with E-state index in [1.165, 1.54) is 12.8 Å². The van der Waals surface area contributed by atoms with Crippen LogP contribution in [0.1, 0.15) is 19.3 Å². The number of hydrogen-bond acceptors (Lipinski definition) is 4. The smallest absolute Gasteiger partial charge is 0.151 e. The van der Waals surface area contributed by atoms with Gasteiger partial charge in [-0.25, -0.2) is 8.42 Å². The molecule has 1 atom stereocenters. The van der Waals surface area contributed by atoms with Crippen molar-refractivity contribution in [3.8, 4) is 0 Å². The van der Waals surface area contributed by atoms with E-state index in [0.29, 0.717) is 17.5 Å². The first-order valence-corrected chi connectivity index (χ1v) is 7.65. The minimum absolute atomic E-state index is 0.351. The molecule has 1 unspecified atom stereocenters. The maximum absolute atomic E-state index is 11.5. The average Bonchev–Trinajstić information content (AvgIpc) is 2.41. The summed E-state index contributed by atoms with van der Waals surface area (Å²) in [4.78, 5) is 2.36. The van der Waals surface area contributed by atoms with Crippen molar-refractivity contribution in [1.82, 2.24) is 10.2 Å². The first-order chi connectivity index (χ1) is 7.17. The number of nitrogens with zero attached hydrogens (tertiary/aromatic N) is 1. The maximum Gasteiger partial charge on any atom is 0.151 e. The van der Waals surface area contributed by atoms with Crippen LogP contribution in [0, 0.1) is 0 Å². The number of rotatable bonds is 1. The normalized spacial score (nSPS) is 33.5. The summed E-state index contributed by atoms with van der Waals surface area (Å²) < 4.78 is 22.9. The van der Waals surface area contributed by atoms with E-state index in [1.54, 1.807) is 0 Å². The van der Waals surface area contributed by atoms with Gasteiger partial charge >= 0.3 is 0 Å². The summed E-state index contributed by atoms with van der Waals surface area (Å²) in [5.41, 5.74) is 0. The summed E-state index contributed by atoms with van der Waals surface area (Å²) in [6.07, 6.45) is 3.24. The summed E-state index contributed by atoms with van der Waals surface area (Å²) in [6.45, 7) is 3.82. The molecule has 2 rings (SSSR count). The standard InChI is InChI=1S/C10H20N2O2S/c13-15(14)7-2-5-12(6-8-15)10-3-1-4-11-9-10/h10-11H,1-9H2. The van der Waals surface area contributed by atoms with Gasteiger partial charge in [0.05, 0.1) is 11.5 Å². The molecular weight excluding hydrogens is 212 g/mol. The third-order valence-corrected chi connectivity index (χ3v) is 5.09. The maximum atomic E-state index is 11.5. The van der Waals surface area contributed by atoms with E-state index in [-0.39, 0.29) is 0 Å². The highest BCUT2D eigenvalue weighted by Gasteiger charge is 2.25. The first-order valence-electron chi connectivity index (χ1n) is 5.82. The molecule has 15 heavy (non-hydrogen) atoms. The lowest BCUT2D eigenvalue weighted by molar-refractivity contribution is 0.178. The number of sulfone groups is 1. The van der Waals surface area contributed by atoms with Gasteiger partial charge in [0.1, 0.15) is 0 Å². The first kappa shape index (κ1) is 11.4. The fourth-order valence-electron chi connectivity index (χ4n) is 2.47. The van der Waals surface area contributed by atoms with Gasteiger partial charge < -0.3 is 5.32 Å². The predicted molar refractivity (Wildman–Crippen MR) is 60.7 cm³/mol. The Morgan fingerprint density at radius 3 is 2.73 bits per heavy atom. The molecule has 88 valence electrons. The molecule has 0 aromatic rings. The lowest BCUT2D eigenvalue weighted by Gasteiger charge is -2.33. The van der Waals surface area contributed by atoms with Crippen LogP contribution in [-0.4, -0.2) is 57.0 Å². The third kappa shape index (κ3) is 3.16. The van der Waals surface area contributed by atoms with Crippen LogP contribution in [0.15, 0.2) is 0 Å². The fourth-order valence-corrected chi connectivity index (χ4v) is 3.75. The summed E-state index contributed by atoms with van der Waals surface area (Å²) in [5.74, 6) is 0.729. The highest BCUT2D eigenvalue weighted by atomic mass is 32.2. The molecule has 0 radical (unpaired) electrons. The molecule has 2 aliphatic rings. The fraction of sp³-hybridized carbons (Fsp3) is 1.00. The van der Waals surface area contributed by atoms with E-state index in [2.05, 4.69) is 10.2 Å². The molecule has 0 spiro atoms. The summed E-state index contributed by atoms with van der Waals surface area (Å²) in [5, 5.41) is 3.38. The van der Waals surface area contributed by atoms with Crippen LogP contribution in [0.2, 0.25) is 0 Å². The van der Waals surface area contributed by atoms with Crippen molar-refractivity contribution in [2.24, 2.45) is 0 Å². The molecule has 2 heterocycles. The van der Waals surface area contributed by atoms with Gasteiger partial charge in [0.25, 0.3) is 0 Å². The molecule has 1 N–H and O–H groups in total. The van der Waals surface area contributed by atoms with Crippen LogP contribution in [0.5, 0.6) is 0 Å². The molecule has 0 aromatic heterocycles. The zero-order chi connectivity index (χ0) is 10.7. The van der Waals surface area contributed by atoms with E-state index >= 15 is 0 Å². The van der Waals surface area contributed by atoms with Gasteiger partial charge in [0.15, 0.2) is 9.84 Å². The van der Waals surface area contributed by atoms with Gasteiger partial charge in [-0.15, -0.1) is 0 Å². The highest BCUT2D eigenvalue weighted by molar-refractivity contribution is 7.91. The van der Waals surface area contributed by atoms with Crippen molar-refractivity contribution in [1.29, 1.82) is 0 Å². The second kappa shape index (κ2) is 4.80. The SMILES string of the molecule is O=S1(=O)CCCN(C2CCCNC2)CC1. The Morgan fingerprint density at radius 2 is 2.00 bits per heavy atom. The quantitative estimate of drug-likeness (QED) is 0.683. The van der Waals surface area contributed by atoms with Crippen LogP contribution < -0.4 is 5.32 Å². The van der Waals surface area contributed by atoms with Gasteiger partial charge in [0.2, 0.25) is 0 Å². The van der Waals surface area contributed by atoms with Gasteiger partial charge in [0, 0.05) is 19.1 Å². The Morgan fingerprint density at radius 1 is 1.13 bits per heavy atom. The average molecular weight is 232 g/mol. The minimum Gasteiger partial charge on any atom is -0.315 e. The summed E-state index contributed by atoms with van der Waals surface area (Å²) in [7, 11) is -2.75. The summed E-state index contributed by atoms with van der Waals surface area (Å²) >= 11 is 0. The van der Waals surface area contributed by atoms with Crippen molar-refractivity contribution in [3.63, 3.8) is 0 Å². The Bertz CT molecular complexity index is 297. The molecule has 2 fully saturated rings. The van der Waals surface area contributed by atoms with E-state index in [0.717, 1.165) is 32.6 Å². The zero-order valence-corrected chi connectivity index (χ0v) is 9.93. The highest BCUT2D eigenvalue weighted by Crippen LogP contribution is 2.14. The molecule has 0 amide bonds. The number of nitrogens with one attached hydrogen (secondary N) is 1. The monoisotopic (exact) mass is 232 g/mol. The Kier molecular flexibility index (Phi) is 3.64. The molecular formula is C10H20N2O2S.